The summed E-state index contributed by atoms with van der Waals surface area (Å²) in [5.41, 5.74) is 3.51. The molecule has 0 bridgehead atoms. The number of fused-ring (bicyclic) bond motifs is 3. The van der Waals surface area contributed by atoms with E-state index in [0.717, 1.165) is 34.6 Å². The van der Waals surface area contributed by atoms with Crippen LogP contribution in [0.25, 0.3) is 10.4 Å². The van der Waals surface area contributed by atoms with Gasteiger partial charge in [0.2, 0.25) is 10.0 Å². The highest BCUT2D eigenvalue weighted by Crippen LogP contribution is 2.41. The zero-order valence-corrected chi connectivity index (χ0v) is 18.4. The number of sulfonamides is 1. The number of ether oxygens (including phenoxy) is 3. The molecule has 9 heteroatoms. The van der Waals surface area contributed by atoms with Crippen LogP contribution in [0, 0.1) is 0 Å². The molecule has 2 aromatic carbocycles. The summed E-state index contributed by atoms with van der Waals surface area (Å²) in [4.78, 5) is 14.1. The standard InChI is InChI=1S/C22H21NO6S2/c1-27-17-6-9-19-14(12-17)2-3-15-13-20(30-21(15)19)22(24)29-11-10-28-16-4-7-18(8-5-16)31(23,25)26/h4-9,12-13H,2-3,10-11H2,1H3,(H2,23,25,26). The lowest BCUT2D eigenvalue weighted by Crippen LogP contribution is -2.13. The Bertz CT molecular complexity index is 1220. The number of nitrogens with two attached hydrogens (primary N) is 1. The minimum Gasteiger partial charge on any atom is -0.497 e. The van der Waals surface area contributed by atoms with Gasteiger partial charge in [0.25, 0.3) is 0 Å². The molecule has 0 atom stereocenters. The molecule has 0 spiro atoms. The Morgan fingerprint density at radius 1 is 1.00 bits per heavy atom. The topological polar surface area (TPSA) is 105 Å². The van der Waals surface area contributed by atoms with E-state index in [4.69, 9.17) is 19.3 Å². The van der Waals surface area contributed by atoms with Crippen LogP contribution in [0.4, 0.5) is 0 Å². The molecule has 0 amide bonds. The Morgan fingerprint density at radius 2 is 1.71 bits per heavy atom. The molecule has 1 heterocycles. The predicted molar refractivity (Wildman–Crippen MR) is 117 cm³/mol. The third-order valence-corrected chi connectivity index (χ3v) is 7.09. The largest absolute Gasteiger partial charge is 0.497 e. The molecule has 0 fully saturated rings. The van der Waals surface area contributed by atoms with E-state index in [0.29, 0.717) is 10.6 Å². The third-order valence-electron chi connectivity index (χ3n) is 4.97. The lowest BCUT2D eigenvalue weighted by atomic mass is 9.91. The van der Waals surface area contributed by atoms with E-state index in [-0.39, 0.29) is 24.1 Å². The van der Waals surface area contributed by atoms with Gasteiger partial charge in [-0.15, -0.1) is 11.3 Å². The summed E-state index contributed by atoms with van der Waals surface area (Å²) in [5, 5.41) is 5.06. The highest BCUT2D eigenvalue weighted by Gasteiger charge is 2.22. The third kappa shape index (κ3) is 4.73. The van der Waals surface area contributed by atoms with E-state index < -0.39 is 10.0 Å². The number of hydrogen-bond acceptors (Lipinski definition) is 7. The molecule has 1 aliphatic rings. The number of aryl methyl sites for hydroxylation is 2. The van der Waals surface area contributed by atoms with E-state index in [9.17, 15) is 13.2 Å². The van der Waals surface area contributed by atoms with Crippen molar-refractivity contribution >= 4 is 27.3 Å². The van der Waals surface area contributed by atoms with Crippen molar-refractivity contribution in [3.8, 4) is 21.9 Å². The van der Waals surface area contributed by atoms with Crippen LogP contribution >= 0.6 is 11.3 Å². The van der Waals surface area contributed by atoms with Crippen LogP contribution in [-0.2, 0) is 27.6 Å². The summed E-state index contributed by atoms with van der Waals surface area (Å²) in [7, 11) is -2.09. The van der Waals surface area contributed by atoms with Crippen LogP contribution in [0.1, 0.15) is 20.8 Å². The summed E-state index contributed by atoms with van der Waals surface area (Å²) < 4.78 is 38.7. The Hall–Kier alpha value is -2.88. The summed E-state index contributed by atoms with van der Waals surface area (Å²) >= 11 is 1.43. The van der Waals surface area contributed by atoms with Crippen molar-refractivity contribution in [1.29, 1.82) is 0 Å². The van der Waals surface area contributed by atoms with Crippen LogP contribution < -0.4 is 14.6 Å². The fourth-order valence-corrected chi connectivity index (χ4v) is 5.11. The fraction of sp³-hybridized carbons (Fsp3) is 0.227. The minimum absolute atomic E-state index is 0.00737. The van der Waals surface area contributed by atoms with Crippen molar-refractivity contribution in [3.63, 3.8) is 0 Å². The van der Waals surface area contributed by atoms with Gasteiger partial charge in [0.1, 0.15) is 29.6 Å². The molecule has 3 aromatic rings. The lowest BCUT2D eigenvalue weighted by molar-refractivity contribution is 0.0456. The molecule has 0 saturated heterocycles. The van der Waals surface area contributed by atoms with Crippen molar-refractivity contribution < 1.29 is 27.4 Å². The monoisotopic (exact) mass is 459 g/mol. The molecular formula is C22H21NO6S2. The second-order valence-electron chi connectivity index (χ2n) is 6.99. The van der Waals surface area contributed by atoms with Crippen LogP contribution in [0.15, 0.2) is 53.4 Å². The zero-order chi connectivity index (χ0) is 22.0. The van der Waals surface area contributed by atoms with E-state index in [1.54, 1.807) is 7.11 Å². The number of carbonyl (C=O) groups is 1. The second-order valence-corrected chi connectivity index (χ2v) is 9.60. The molecule has 0 aliphatic heterocycles. The number of primary sulfonamides is 1. The van der Waals surface area contributed by atoms with Crippen LogP contribution in [-0.4, -0.2) is 34.7 Å². The van der Waals surface area contributed by atoms with E-state index in [1.165, 1.54) is 41.2 Å². The van der Waals surface area contributed by atoms with Crippen molar-refractivity contribution in [1.82, 2.24) is 0 Å². The summed E-state index contributed by atoms with van der Waals surface area (Å²) in [6.07, 6.45) is 1.78. The van der Waals surface area contributed by atoms with Gasteiger partial charge >= 0.3 is 5.97 Å². The molecule has 1 aromatic heterocycles. The number of carbonyl (C=O) groups excluding carboxylic acids is 1. The van der Waals surface area contributed by atoms with Crippen LogP contribution in [0.2, 0.25) is 0 Å². The maximum atomic E-state index is 12.5. The maximum absolute atomic E-state index is 12.5. The molecule has 31 heavy (non-hydrogen) atoms. The SMILES string of the molecule is COc1ccc2c(c1)CCc1cc(C(=O)OCCOc3ccc(S(N)(=O)=O)cc3)sc1-2. The molecule has 0 saturated carbocycles. The van der Waals surface area contributed by atoms with Gasteiger partial charge < -0.3 is 14.2 Å². The molecular weight excluding hydrogens is 438 g/mol. The van der Waals surface area contributed by atoms with Gasteiger partial charge in [-0.3, -0.25) is 0 Å². The zero-order valence-electron chi connectivity index (χ0n) is 16.8. The second kappa shape index (κ2) is 8.70. The van der Waals surface area contributed by atoms with Crippen LogP contribution in [0.3, 0.4) is 0 Å². The molecule has 0 unspecified atom stereocenters. The number of thiophene rings is 1. The van der Waals surface area contributed by atoms with Crippen molar-refractivity contribution in [2.45, 2.75) is 17.7 Å². The minimum atomic E-state index is -3.74. The number of rotatable bonds is 7. The molecule has 162 valence electrons. The Labute approximate surface area is 184 Å². The number of esters is 1. The molecule has 1 aliphatic carbocycles. The van der Waals surface area contributed by atoms with Gasteiger partial charge in [-0.1, -0.05) is 0 Å². The van der Waals surface area contributed by atoms with Gasteiger partial charge in [-0.05, 0) is 78.1 Å². The highest BCUT2D eigenvalue weighted by molar-refractivity contribution is 7.89. The van der Waals surface area contributed by atoms with Crippen molar-refractivity contribution in [2.24, 2.45) is 5.14 Å². The van der Waals surface area contributed by atoms with E-state index in [2.05, 4.69) is 0 Å². The van der Waals surface area contributed by atoms with Crippen molar-refractivity contribution in [3.05, 3.63) is 64.5 Å². The maximum Gasteiger partial charge on any atom is 0.348 e. The quantitative estimate of drug-likeness (QED) is 0.429. The Kier molecular flexibility index (Phi) is 5.99. The Balaban J connectivity index is 1.34. The average Bonchev–Trinajstić information content (AvgIpc) is 3.21. The smallest absolute Gasteiger partial charge is 0.348 e. The van der Waals surface area contributed by atoms with Gasteiger partial charge in [0, 0.05) is 4.88 Å². The first-order chi connectivity index (χ1) is 14.8. The highest BCUT2D eigenvalue weighted by atomic mass is 32.2. The van der Waals surface area contributed by atoms with Gasteiger partial charge in [0.05, 0.1) is 12.0 Å². The van der Waals surface area contributed by atoms with E-state index in [1.807, 2.05) is 24.3 Å². The van der Waals surface area contributed by atoms with E-state index >= 15 is 0 Å². The summed E-state index contributed by atoms with van der Waals surface area (Å²) in [5.74, 6) is 0.905. The Morgan fingerprint density at radius 3 is 2.42 bits per heavy atom. The fourth-order valence-electron chi connectivity index (χ4n) is 3.43. The summed E-state index contributed by atoms with van der Waals surface area (Å²) in [6, 6.07) is 13.6. The predicted octanol–water partition coefficient (Wildman–Crippen LogP) is 3.41. The number of hydrogen-bond donors (Lipinski definition) is 1. The first kappa shape index (κ1) is 21.4. The van der Waals surface area contributed by atoms with Crippen LogP contribution in [0.5, 0.6) is 11.5 Å². The first-order valence-corrected chi connectivity index (χ1v) is 11.9. The molecule has 4 rings (SSSR count). The van der Waals surface area contributed by atoms with Crippen molar-refractivity contribution in [2.75, 3.05) is 20.3 Å². The van der Waals surface area contributed by atoms with Gasteiger partial charge in [-0.2, -0.15) is 0 Å². The molecule has 7 nitrogen and oxygen atoms in total. The summed E-state index contributed by atoms with van der Waals surface area (Å²) in [6.45, 7) is 0.223. The van der Waals surface area contributed by atoms with Gasteiger partial charge in [0.15, 0.2) is 0 Å². The average molecular weight is 460 g/mol. The number of benzene rings is 2. The molecule has 0 radical (unpaired) electrons. The van der Waals surface area contributed by atoms with Gasteiger partial charge in [-0.25, -0.2) is 18.4 Å². The first-order valence-electron chi connectivity index (χ1n) is 9.58. The normalized spacial score (nSPS) is 12.6. The number of methoxy groups -OCH3 is 1. The molecule has 2 N–H and O–H groups in total. The lowest BCUT2D eigenvalue weighted by Gasteiger charge is -2.16.